The maximum atomic E-state index is 11.6. The molecule has 0 N–H and O–H groups in total. The highest BCUT2D eigenvalue weighted by atomic mass is 79.9. The molecule has 0 saturated heterocycles. The lowest BCUT2D eigenvalue weighted by atomic mass is 10.2. The molecular formula is C16H12BrNO4. The van der Waals surface area contributed by atoms with Crippen molar-refractivity contribution < 1.29 is 14.5 Å². The molecule has 0 bridgehead atoms. The van der Waals surface area contributed by atoms with Gasteiger partial charge in [0.15, 0.2) is 0 Å². The number of esters is 1. The fourth-order valence-electron chi connectivity index (χ4n) is 1.65. The second-order valence-corrected chi connectivity index (χ2v) is 5.33. The zero-order valence-electron chi connectivity index (χ0n) is 11.4. The first kappa shape index (κ1) is 15.9. The van der Waals surface area contributed by atoms with Crippen LogP contribution in [0.5, 0.6) is 0 Å². The van der Waals surface area contributed by atoms with Gasteiger partial charge in [0.05, 0.1) is 4.92 Å². The molecule has 2 aromatic carbocycles. The number of nitro groups is 1. The van der Waals surface area contributed by atoms with E-state index in [9.17, 15) is 14.9 Å². The Morgan fingerprint density at radius 3 is 2.36 bits per heavy atom. The van der Waals surface area contributed by atoms with Crippen molar-refractivity contribution in [2.75, 3.05) is 0 Å². The fourth-order valence-corrected chi connectivity index (χ4v) is 1.92. The highest BCUT2D eigenvalue weighted by Crippen LogP contribution is 2.13. The van der Waals surface area contributed by atoms with E-state index in [1.165, 1.54) is 18.2 Å². The molecule has 5 nitrogen and oxygen atoms in total. The first-order chi connectivity index (χ1) is 10.5. The molecule has 0 aliphatic rings. The van der Waals surface area contributed by atoms with Gasteiger partial charge in [-0.25, -0.2) is 4.79 Å². The van der Waals surface area contributed by atoms with Gasteiger partial charge >= 0.3 is 5.97 Å². The average Bonchev–Trinajstić information content (AvgIpc) is 2.52. The smallest absolute Gasteiger partial charge is 0.331 e. The van der Waals surface area contributed by atoms with E-state index < -0.39 is 10.9 Å². The molecule has 2 aromatic rings. The summed E-state index contributed by atoms with van der Waals surface area (Å²) in [7, 11) is 0. The Kier molecular flexibility index (Phi) is 5.43. The van der Waals surface area contributed by atoms with E-state index in [0.717, 1.165) is 10.0 Å². The molecule has 0 fully saturated rings. The van der Waals surface area contributed by atoms with E-state index in [2.05, 4.69) is 15.9 Å². The van der Waals surface area contributed by atoms with E-state index in [-0.39, 0.29) is 12.3 Å². The summed E-state index contributed by atoms with van der Waals surface area (Å²) in [4.78, 5) is 21.7. The Hall–Kier alpha value is -2.47. The number of nitro benzene ring substituents is 1. The Morgan fingerprint density at radius 2 is 1.77 bits per heavy atom. The lowest BCUT2D eigenvalue weighted by Crippen LogP contribution is -2.00. The molecule has 0 aromatic heterocycles. The van der Waals surface area contributed by atoms with Crippen LogP contribution in [0.15, 0.2) is 59.1 Å². The van der Waals surface area contributed by atoms with Crippen LogP contribution in [0, 0.1) is 10.1 Å². The number of benzene rings is 2. The number of rotatable bonds is 5. The van der Waals surface area contributed by atoms with E-state index in [1.807, 2.05) is 24.3 Å². The van der Waals surface area contributed by atoms with Gasteiger partial charge in [0.25, 0.3) is 5.69 Å². The maximum absolute atomic E-state index is 11.6. The van der Waals surface area contributed by atoms with Crippen LogP contribution < -0.4 is 0 Å². The SMILES string of the molecule is O=C(/C=C/c1ccc(Br)cc1)OCc1ccc([N+](=O)[O-])cc1. The van der Waals surface area contributed by atoms with Gasteiger partial charge in [0.2, 0.25) is 0 Å². The van der Waals surface area contributed by atoms with Crippen molar-refractivity contribution in [3.05, 3.63) is 80.3 Å². The summed E-state index contributed by atoms with van der Waals surface area (Å²) >= 11 is 3.33. The van der Waals surface area contributed by atoms with Crippen LogP contribution in [0.25, 0.3) is 6.08 Å². The summed E-state index contributed by atoms with van der Waals surface area (Å²) < 4.78 is 6.03. The van der Waals surface area contributed by atoms with Crippen LogP contribution >= 0.6 is 15.9 Å². The predicted octanol–water partition coefficient (Wildman–Crippen LogP) is 4.11. The number of non-ortho nitro benzene ring substituents is 1. The minimum Gasteiger partial charge on any atom is -0.458 e. The highest BCUT2D eigenvalue weighted by Gasteiger charge is 2.05. The number of hydrogen-bond acceptors (Lipinski definition) is 4. The molecule has 22 heavy (non-hydrogen) atoms. The normalized spacial score (nSPS) is 10.6. The Bertz CT molecular complexity index is 693. The third-order valence-electron chi connectivity index (χ3n) is 2.81. The largest absolute Gasteiger partial charge is 0.458 e. The van der Waals surface area contributed by atoms with Crippen molar-refractivity contribution in [1.82, 2.24) is 0 Å². The molecule has 0 aliphatic heterocycles. The topological polar surface area (TPSA) is 69.4 Å². The standard InChI is InChI=1S/C16H12BrNO4/c17-14-6-1-12(2-7-14)5-10-16(19)22-11-13-3-8-15(9-4-13)18(20)21/h1-10H,11H2/b10-5+. The molecule has 0 unspecified atom stereocenters. The van der Waals surface area contributed by atoms with Crippen molar-refractivity contribution in [2.45, 2.75) is 6.61 Å². The fraction of sp³-hybridized carbons (Fsp3) is 0.0625. The summed E-state index contributed by atoms with van der Waals surface area (Å²) in [5.74, 6) is -0.471. The Labute approximate surface area is 135 Å². The first-order valence-electron chi connectivity index (χ1n) is 6.38. The summed E-state index contributed by atoms with van der Waals surface area (Å²) in [5.41, 5.74) is 1.58. The third kappa shape index (κ3) is 4.82. The van der Waals surface area contributed by atoms with Crippen molar-refractivity contribution in [3.8, 4) is 0 Å². The lowest BCUT2D eigenvalue weighted by Gasteiger charge is -2.02. The van der Waals surface area contributed by atoms with E-state index in [1.54, 1.807) is 18.2 Å². The summed E-state index contributed by atoms with van der Waals surface area (Å²) in [5, 5.41) is 10.5. The number of carbonyl (C=O) groups is 1. The molecule has 112 valence electrons. The van der Waals surface area contributed by atoms with Crippen molar-refractivity contribution in [1.29, 1.82) is 0 Å². The zero-order valence-corrected chi connectivity index (χ0v) is 13.0. The molecule has 0 spiro atoms. The van der Waals surface area contributed by atoms with Gasteiger partial charge in [-0.05, 0) is 41.5 Å². The van der Waals surface area contributed by atoms with Crippen LogP contribution in [0.1, 0.15) is 11.1 Å². The Balaban J connectivity index is 1.87. The molecule has 0 amide bonds. The molecule has 0 heterocycles. The van der Waals surface area contributed by atoms with Gasteiger partial charge in [-0.3, -0.25) is 10.1 Å². The van der Waals surface area contributed by atoms with Gasteiger partial charge in [-0.2, -0.15) is 0 Å². The van der Waals surface area contributed by atoms with Crippen molar-refractivity contribution >= 4 is 33.7 Å². The van der Waals surface area contributed by atoms with Crippen LogP contribution in [0.4, 0.5) is 5.69 Å². The first-order valence-corrected chi connectivity index (χ1v) is 7.17. The summed E-state index contributed by atoms with van der Waals surface area (Å²) in [6.07, 6.45) is 3.00. The maximum Gasteiger partial charge on any atom is 0.331 e. The number of hydrogen-bond donors (Lipinski definition) is 0. The molecule has 0 radical (unpaired) electrons. The van der Waals surface area contributed by atoms with Crippen molar-refractivity contribution in [2.24, 2.45) is 0 Å². The molecule has 0 atom stereocenters. The second-order valence-electron chi connectivity index (χ2n) is 4.42. The lowest BCUT2D eigenvalue weighted by molar-refractivity contribution is -0.384. The quantitative estimate of drug-likeness (QED) is 0.347. The van der Waals surface area contributed by atoms with Crippen LogP contribution in [0.2, 0.25) is 0 Å². The minimum atomic E-state index is -0.475. The number of carbonyl (C=O) groups excluding carboxylic acids is 1. The molecule has 6 heteroatoms. The molecule has 0 saturated carbocycles. The van der Waals surface area contributed by atoms with E-state index in [0.29, 0.717) is 5.56 Å². The highest BCUT2D eigenvalue weighted by molar-refractivity contribution is 9.10. The van der Waals surface area contributed by atoms with Gasteiger partial charge in [-0.15, -0.1) is 0 Å². The average molecular weight is 362 g/mol. The summed E-state index contributed by atoms with van der Waals surface area (Å²) in [6.45, 7) is 0.0709. The van der Waals surface area contributed by atoms with Crippen LogP contribution in [-0.2, 0) is 16.1 Å². The second kappa shape index (κ2) is 7.51. The summed E-state index contributed by atoms with van der Waals surface area (Å²) in [6, 6.07) is 13.4. The molecular weight excluding hydrogens is 350 g/mol. The van der Waals surface area contributed by atoms with E-state index in [4.69, 9.17) is 4.74 Å². The van der Waals surface area contributed by atoms with Crippen LogP contribution in [0.3, 0.4) is 0 Å². The predicted molar refractivity (Wildman–Crippen MR) is 86.1 cm³/mol. The number of halogens is 1. The van der Waals surface area contributed by atoms with Gasteiger partial charge in [0, 0.05) is 22.7 Å². The number of ether oxygens (including phenoxy) is 1. The van der Waals surface area contributed by atoms with Gasteiger partial charge < -0.3 is 4.74 Å². The zero-order chi connectivity index (χ0) is 15.9. The molecule has 0 aliphatic carbocycles. The van der Waals surface area contributed by atoms with Crippen molar-refractivity contribution in [3.63, 3.8) is 0 Å². The van der Waals surface area contributed by atoms with Crippen LogP contribution in [-0.4, -0.2) is 10.9 Å². The Morgan fingerprint density at radius 1 is 1.14 bits per heavy atom. The monoisotopic (exact) mass is 361 g/mol. The molecule has 2 rings (SSSR count). The minimum absolute atomic E-state index is 0.00482. The van der Waals surface area contributed by atoms with E-state index >= 15 is 0 Å². The third-order valence-corrected chi connectivity index (χ3v) is 3.34. The van der Waals surface area contributed by atoms with Gasteiger partial charge in [0.1, 0.15) is 6.61 Å². The van der Waals surface area contributed by atoms with Gasteiger partial charge in [-0.1, -0.05) is 28.1 Å². The number of nitrogens with zero attached hydrogens (tertiary/aromatic N) is 1.